The van der Waals surface area contributed by atoms with Crippen LogP contribution in [0.1, 0.15) is 19.8 Å². The van der Waals surface area contributed by atoms with Crippen molar-refractivity contribution in [1.29, 1.82) is 0 Å². The van der Waals surface area contributed by atoms with Gasteiger partial charge in [-0.1, -0.05) is 23.8 Å². The fourth-order valence-corrected chi connectivity index (χ4v) is 1.32. The highest BCUT2D eigenvalue weighted by molar-refractivity contribution is 5.29. The molecule has 0 saturated heterocycles. The third-order valence-electron chi connectivity index (χ3n) is 2.05. The van der Waals surface area contributed by atoms with Gasteiger partial charge in [0.25, 0.3) is 0 Å². The van der Waals surface area contributed by atoms with E-state index in [1.807, 2.05) is 0 Å². The van der Waals surface area contributed by atoms with Gasteiger partial charge in [-0.3, -0.25) is 0 Å². The molecule has 0 aromatic carbocycles. The Hall–Kier alpha value is -0.960. The maximum atomic E-state index is 5.21. The first-order chi connectivity index (χ1) is 4.75. The molecular weight excluding hydrogens is 120 g/mol. The van der Waals surface area contributed by atoms with E-state index in [4.69, 9.17) is 6.42 Å². The van der Waals surface area contributed by atoms with Crippen LogP contribution >= 0.6 is 0 Å². The summed E-state index contributed by atoms with van der Waals surface area (Å²) >= 11 is 0. The molecule has 0 aromatic rings. The predicted molar refractivity (Wildman–Crippen MR) is 44.5 cm³/mol. The monoisotopic (exact) mass is 132 g/mol. The van der Waals surface area contributed by atoms with E-state index in [0.29, 0.717) is 5.92 Å². The molecule has 0 aromatic heterocycles. The summed E-state index contributed by atoms with van der Waals surface area (Å²) in [5.41, 5.74) is 2.67. The third kappa shape index (κ3) is 1.14. The zero-order valence-corrected chi connectivity index (χ0v) is 6.35. The van der Waals surface area contributed by atoms with E-state index in [1.54, 1.807) is 0 Å². The largest absolute Gasteiger partial charge is 0.120 e. The van der Waals surface area contributed by atoms with Gasteiger partial charge in [0.2, 0.25) is 0 Å². The molecule has 52 valence electrons. The topological polar surface area (TPSA) is 0 Å². The Morgan fingerprint density at radius 1 is 1.90 bits per heavy atom. The smallest absolute Gasteiger partial charge is 0.0189 e. The van der Waals surface area contributed by atoms with Crippen molar-refractivity contribution in [3.05, 3.63) is 23.8 Å². The quantitative estimate of drug-likeness (QED) is 0.380. The summed E-state index contributed by atoms with van der Waals surface area (Å²) < 4.78 is 0. The van der Waals surface area contributed by atoms with Gasteiger partial charge in [-0.15, -0.1) is 12.3 Å². The maximum Gasteiger partial charge on any atom is 0.0189 e. The minimum atomic E-state index is 0.477. The van der Waals surface area contributed by atoms with Crippen molar-refractivity contribution in [2.45, 2.75) is 19.8 Å². The minimum absolute atomic E-state index is 0.477. The lowest BCUT2D eigenvalue weighted by Crippen LogP contribution is -1.97. The lowest BCUT2D eigenvalue weighted by Gasteiger charge is -2.08. The highest BCUT2D eigenvalue weighted by Gasteiger charge is 2.17. The summed E-state index contributed by atoms with van der Waals surface area (Å²) in [7, 11) is 0. The fourth-order valence-electron chi connectivity index (χ4n) is 1.32. The van der Waals surface area contributed by atoms with Crippen molar-refractivity contribution in [3.63, 3.8) is 0 Å². The van der Waals surface area contributed by atoms with Crippen molar-refractivity contribution in [2.24, 2.45) is 5.92 Å². The van der Waals surface area contributed by atoms with Crippen LogP contribution in [0.25, 0.3) is 0 Å². The number of hydrogen-bond acceptors (Lipinski definition) is 0. The summed E-state index contributed by atoms with van der Waals surface area (Å²) in [6, 6.07) is 0. The van der Waals surface area contributed by atoms with Crippen molar-refractivity contribution < 1.29 is 0 Å². The van der Waals surface area contributed by atoms with Crippen molar-refractivity contribution in [3.8, 4) is 12.3 Å². The van der Waals surface area contributed by atoms with Gasteiger partial charge in [-0.25, -0.2) is 0 Å². The molecule has 1 rings (SSSR count). The average molecular weight is 132 g/mol. The molecule has 1 unspecified atom stereocenters. The fraction of sp³-hybridized carbons (Fsp3) is 0.400. The van der Waals surface area contributed by atoms with Crippen LogP contribution < -0.4 is 0 Å². The zero-order chi connectivity index (χ0) is 7.56. The maximum absolute atomic E-state index is 5.21. The van der Waals surface area contributed by atoms with E-state index in [0.717, 1.165) is 12.8 Å². The molecule has 0 bridgehead atoms. The first-order valence-corrected chi connectivity index (χ1v) is 3.53. The molecule has 0 N–H and O–H groups in total. The van der Waals surface area contributed by atoms with E-state index >= 15 is 0 Å². The Labute approximate surface area is 62.6 Å². The molecule has 1 atom stereocenters. The lowest BCUT2D eigenvalue weighted by atomic mass is 9.96. The summed E-state index contributed by atoms with van der Waals surface area (Å²) in [6.45, 7) is 6.08. The van der Waals surface area contributed by atoms with Crippen molar-refractivity contribution >= 4 is 0 Å². The second-order valence-electron chi connectivity index (χ2n) is 2.77. The van der Waals surface area contributed by atoms with Gasteiger partial charge < -0.3 is 0 Å². The minimum Gasteiger partial charge on any atom is -0.120 e. The van der Waals surface area contributed by atoms with Crippen LogP contribution in [0.3, 0.4) is 0 Å². The summed E-state index contributed by atoms with van der Waals surface area (Å²) in [5.74, 6) is 3.15. The highest BCUT2D eigenvalue weighted by Crippen LogP contribution is 2.31. The molecule has 0 spiro atoms. The van der Waals surface area contributed by atoms with E-state index in [-0.39, 0.29) is 0 Å². The highest BCUT2D eigenvalue weighted by atomic mass is 14.2. The number of allylic oxidation sites excluding steroid dienone is 3. The third-order valence-corrected chi connectivity index (χ3v) is 2.05. The summed E-state index contributed by atoms with van der Waals surface area (Å²) in [4.78, 5) is 0. The van der Waals surface area contributed by atoms with Gasteiger partial charge in [0.1, 0.15) is 0 Å². The van der Waals surface area contributed by atoms with Crippen LogP contribution in [-0.4, -0.2) is 0 Å². The summed E-state index contributed by atoms with van der Waals surface area (Å²) in [6.07, 6.45) is 9.27. The van der Waals surface area contributed by atoms with E-state index in [9.17, 15) is 0 Å². The molecule has 0 nitrogen and oxygen atoms in total. The van der Waals surface area contributed by atoms with Gasteiger partial charge in [-0.05, 0) is 13.3 Å². The van der Waals surface area contributed by atoms with Crippen LogP contribution in [0.2, 0.25) is 0 Å². The normalized spacial score (nSPS) is 24.2. The first-order valence-electron chi connectivity index (χ1n) is 3.53. The van der Waals surface area contributed by atoms with Gasteiger partial charge >= 0.3 is 0 Å². The average Bonchev–Trinajstić information content (AvgIpc) is 2.20. The molecule has 0 fully saturated rings. The molecular formula is C10H12. The molecule has 1 aliphatic rings. The molecule has 0 amide bonds. The first kappa shape index (κ1) is 7.15. The van der Waals surface area contributed by atoms with Crippen molar-refractivity contribution in [1.82, 2.24) is 0 Å². The van der Waals surface area contributed by atoms with Crippen LogP contribution in [0.5, 0.6) is 0 Å². The molecule has 1 aliphatic carbocycles. The molecule has 10 heavy (non-hydrogen) atoms. The number of rotatable bonds is 1. The van der Waals surface area contributed by atoms with E-state index in [1.165, 1.54) is 11.1 Å². The molecule has 0 heterocycles. The lowest BCUT2D eigenvalue weighted by molar-refractivity contribution is 0.763. The van der Waals surface area contributed by atoms with Crippen LogP contribution in [-0.2, 0) is 0 Å². The van der Waals surface area contributed by atoms with Gasteiger partial charge in [0.05, 0.1) is 0 Å². The molecule has 0 aliphatic heterocycles. The SMILES string of the molecule is C#CCC1C(=C)CC=C1C. The van der Waals surface area contributed by atoms with Crippen LogP contribution in [0, 0.1) is 18.3 Å². The van der Waals surface area contributed by atoms with Gasteiger partial charge in [0, 0.05) is 12.3 Å². The Morgan fingerprint density at radius 2 is 2.60 bits per heavy atom. The van der Waals surface area contributed by atoms with Crippen molar-refractivity contribution in [2.75, 3.05) is 0 Å². The second kappa shape index (κ2) is 2.75. The zero-order valence-electron chi connectivity index (χ0n) is 6.35. The Morgan fingerprint density at radius 3 is 3.00 bits per heavy atom. The Kier molecular flexibility index (Phi) is 1.97. The van der Waals surface area contributed by atoms with Gasteiger partial charge in [-0.2, -0.15) is 0 Å². The number of terminal acetylenes is 1. The predicted octanol–water partition coefficient (Wildman–Crippen LogP) is 2.53. The van der Waals surface area contributed by atoms with Crippen LogP contribution in [0.4, 0.5) is 0 Å². The Bertz CT molecular complexity index is 213. The standard InChI is InChI=1S/C10H12/c1-4-5-10-8(2)6-7-9(10)3/h1,7,10H,2,5-6H2,3H3. The van der Waals surface area contributed by atoms with E-state index < -0.39 is 0 Å². The van der Waals surface area contributed by atoms with E-state index in [2.05, 4.69) is 25.5 Å². The summed E-state index contributed by atoms with van der Waals surface area (Å²) in [5, 5.41) is 0. The number of hydrogen-bond donors (Lipinski definition) is 0. The molecule has 0 radical (unpaired) electrons. The van der Waals surface area contributed by atoms with Crippen LogP contribution in [0.15, 0.2) is 23.8 Å². The molecule has 0 heteroatoms. The second-order valence-corrected chi connectivity index (χ2v) is 2.77. The van der Waals surface area contributed by atoms with Gasteiger partial charge in [0.15, 0.2) is 0 Å². The molecule has 0 saturated carbocycles. The Balaban J connectivity index is 2.67.